The lowest BCUT2D eigenvalue weighted by atomic mass is 10.1. The SMILES string of the molecule is Cc1cccc(-n2ncc3c(c2=O)[N+](=CCc2ccccc2)CC2CNCCN32)c1. The first kappa shape index (κ1) is 18.8. The van der Waals surface area contributed by atoms with Gasteiger partial charge in [0.2, 0.25) is 0 Å². The molecule has 2 aliphatic heterocycles. The van der Waals surface area contributed by atoms with Crippen LogP contribution in [0.25, 0.3) is 5.69 Å². The van der Waals surface area contributed by atoms with E-state index in [0.717, 1.165) is 55.2 Å². The molecule has 1 atom stereocenters. The lowest BCUT2D eigenvalue weighted by Gasteiger charge is -2.39. The Labute approximate surface area is 176 Å². The normalized spacial score (nSPS) is 19.4. The Kier molecular flexibility index (Phi) is 4.93. The third-order valence-electron chi connectivity index (χ3n) is 5.92. The van der Waals surface area contributed by atoms with Gasteiger partial charge >= 0.3 is 5.56 Å². The molecular weight excluding hydrogens is 374 g/mol. The molecule has 2 aromatic carbocycles. The summed E-state index contributed by atoms with van der Waals surface area (Å²) in [6.45, 7) is 5.54. The molecule has 6 nitrogen and oxygen atoms in total. The van der Waals surface area contributed by atoms with Gasteiger partial charge in [-0.15, -0.1) is 0 Å². The molecule has 152 valence electrons. The first-order chi connectivity index (χ1) is 14.7. The van der Waals surface area contributed by atoms with Gasteiger partial charge < -0.3 is 10.2 Å². The number of nitrogens with zero attached hydrogens (tertiary/aromatic N) is 4. The van der Waals surface area contributed by atoms with E-state index >= 15 is 0 Å². The standard InChI is InChI=1S/C24H26N5O/c1-18-6-5-9-20(14-18)29-24(30)23-22(16-26-29)28-13-11-25-15-21(28)17-27(23)12-10-19-7-3-2-4-8-19/h2-9,12,14,16,21,25H,10-11,13,15,17H2,1H3/q+1. The summed E-state index contributed by atoms with van der Waals surface area (Å²) < 4.78 is 3.67. The topological polar surface area (TPSA) is 53.2 Å². The number of hydrogen-bond donors (Lipinski definition) is 1. The molecule has 3 heterocycles. The number of piperazine rings is 1. The molecule has 1 fully saturated rings. The van der Waals surface area contributed by atoms with Crippen molar-refractivity contribution in [3.05, 3.63) is 82.3 Å². The van der Waals surface area contributed by atoms with E-state index in [1.165, 1.54) is 10.2 Å². The molecule has 0 amide bonds. The fourth-order valence-corrected chi connectivity index (χ4v) is 4.41. The molecule has 1 aromatic heterocycles. The van der Waals surface area contributed by atoms with Crippen molar-refractivity contribution in [3.8, 4) is 5.69 Å². The average molecular weight is 401 g/mol. The second-order valence-electron chi connectivity index (χ2n) is 8.01. The summed E-state index contributed by atoms with van der Waals surface area (Å²) in [7, 11) is 0. The largest absolute Gasteiger partial charge is 0.353 e. The summed E-state index contributed by atoms with van der Waals surface area (Å²) in [6, 6.07) is 18.6. The fraction of sp³-hybridized carbons (Fsp3) is 0.292. The highest BCUT2D eigenvalue weighted by Crippen LogP contribution is 2.31. The number of rotatable bonds is 3. The van der Waals surface area contributed by atoms with Crippen molar-refractivity contribution < 1.29 is 4.58 Å². The Bertz CT molecular complexity index is 1150. The number of nitrogens with one attached hydrogen (secondary N) is 1. The first-order valence-corrected chi connectivity index (χ1v) is 10.5. The second-order valence-corrected chi connectivity index (χ2v) is 8.01. The van der Waals surface area contributed by atoms with Crippen molar-refractivity contribution in [2.24, 2.45) is 0 Å². The van der Waals surface area contributed by atoms with E-state index in [0.29, 0.717) is 6.04 Å². The van der Waals surface area contributed by atoms with Gasteiger partial charge in [-0.25, -0.2) is 0 Å². The van der Waals surface area contributed by atoms with E-state index in [1.807, 2.05) is 43.5 Å². The summed E-state index contributed by atoms with van der Waals surface area (Å²) in [5.41, 5.74) is 4.73. The predicted molar refractivity (Wildman–Crippen MR) is 120 cm³/mol. The van der Waals surface area contributed by atoms with E-state index < -0.39 is 0 Å². The minimum Gasteiger partial charge on any atom is -0.353 e. The molecule has 0 spiro atoms. The number of fused-ring (bicyclic) bond motifs is 3. The monoisotopic (exact) mass is 400 g/mol. The number of anilines is 1. The van der Waals surface area contributed by atoms with Crippen LogP contribution in [0.2, 0.25) is 0 Å². The van der Waals surface area contributed by atoms with Crippen molar-refractivity contribution in [2.75, 3.05) is 31.1 Å². The Morgan fingerprint density at radius 1 is 1.20 bits per heavy atom. The zero-order chi connectivity index (χ0) is 20.5. The molecule has 1 N–H and O–H groups in total. The van der Waals surface area contributed by atoms with Crippen LogP contribution in [0.4, 0.5) is 11.4 Å². The van der Waals surface area contributed by atoms with E-state index in [1.54, 1.807) is 0 Å². The molecule has 1 unspecified atom stereocenters. The number of hydrogen-bond acceptors (Lipinski definition) is 4. The van der Waals surface area contributed by atoms with Crippen LogP contribution in [0, 0.1) is 6.92 Å². The van der Waals surface area contributed by atoms with Crippen LogP contribution in [0.15, 0.2) is 65.6 Å². The van der Waals surface area contributed by atoms with Crippen molar-refractivity contribution in [2.45, 2.75) is 19.4 Å². The van der Waals surface area contributed by atoms with Crippen molar-refractivity contribution in [1.82, 2.24) is 15.1 Å². The van der Waals surface area contributed by atoms with Crippen LogP contribution >= 0.6 is 0 Å². The summed E-state index contributed by atoms with van der Waals surface area (Å²) in [5.74, 6) is 0. The van der Waals surface area contributed by atoms with Gasteiger partial charge in [0.1, 0.15) is 11.7 Å². The van der Waals surface area contributed by atoms with Gasteiger partial charge in [0.15, 0.2) is 12.8 Å². The van der Waals surface area contributed by atoms with E-state index in [2.05, 4.69) is 50.4 Å². The Hall–Kier alpha value is -3.25. The van der Waals surface area contributed by atoms with Crippen LogP contribution < -0.4 is 15.8 Å². The number of benzene rings is 2. The highest BCUT2D eigenvalue weighted by Gasteiger charge is 2.39. The van der Waals surface area contributed by atoms with Crippen molar-refractivity contribution in [3.63, 3.8) is 0 Å². The number of aryl methyl sites for hydroxylation is 1. The third kappa shape index (κ3) is 3.44. The third-order valence-corrected chi connectivity index (χ3v) is 5.92. The first-order valence-electron chi connectivity index (χ1n) is 10.5. The van der Waals surface area contributed by atoms with Crippen molar-refractivity contribution in [1.29, 1.82) is 0 Å². The highest BCUT2D eigenvalue weighted by atomic mass is 16.1. The van der Waals surface area contributed by atoms with Crippen LogP contribution in [0.3, 0.4) is 0 Å². The Morgan fingerprint density at radius 3 is 2.90 bits per heavy atom. The molecule has 6 heteroatoms. The van der Waals surface area contributed by atoms with Crippen LogP contribution in [0.5, 0.6) is 0 Å². The van der Waals surface area contributed by atoms with E-state index in [9.17, 15) is 4.79 Å². The Balaban J connectivity index is 1.63. The number of aromatic nitrogens is 2. The van der Waals surface area contributed by atoms with Gasteiger partial charge in [-0.05, 0) is 30.2 Å². The van der Waals surface area contributed by atoms with Gasteiger partial charge in [0, 0.05) is 19.6 Å². The quantitative estimate of drug-likeness (QED) is 0.686. The van der Waals surface area contributed by atoms with Crippen LogP contribution in [-0.2, 0) is 6.42 Å². The lowest BCUT2D eigenvalue weighted by molar-refractivity contribution is -0.444. The molecule has 3 aromatic rings. The van der Waals surface area contributed by atoms with E-state index in [4.69, 9.17) is 0 Å². The average Bonchev–Trinajstić information content (AvgIpc) is 2.78. The maximum atomic E-state index is 13.6. The van der Waals surface area contributed by atoms with Crippen LogP contribution in [-0.4, -0.2) is 52.8 Å². The Morgan fingerprint density at radius 2 is 2.07 bits per heavy atom. The zero-order valence-electron chi connectivity index (χ0n) is 17.2. The second kappa shape index (κ2) is 7.88. The summed E-state index contributed by atoms with van der Waals surface area (Å²) in [6.07, 6.45) is 4.80. The van der Waals surface area contributed by atoms with Gasteiger partial charge in [0.05, 0.1) is 18.3 Å². The minimum absolute atomic E-state index is 0.0700. The van der Waals surface area contributed by atoms with Crippen LogP contribution in [0.1, 0.15) is 11.1 Å². The molecular formula is C24H26N5O+. The molecule has 30 heavy (non-hydrogen) atoms. The minimum atomic E-state index is -0.0700. The fourth-order valence-electron chi connectivity index (χ4n) is 4.41. The summed E-state index contributed by atoms with van der Waals surface area (Å²) in [4.78, 5) is 16.0. The van der Waals surface area contributed by atoms with Crippen molar-refractivity contribution >= 4 is 17.6 Å². The summed E-state index contributed by atoms with van der Waals surface area (Å²) in [5, 5.41) is 8.03. The maximum absolute atomic E-state index is 13.6. The van der Waals surface area contributed by atoms with Gasteiger partial charge in [-0.2, -0.15) is 14.4 Å². The molecule has 5 rings (SSSR count). The smallest absolute Gasteiger partial charge is 0.345 e. The predicted octanol–water partition coefficient (Wildman–Crippen LogP) is 2.29. The van der Waals surface area contributed by atoms with Gasteiger partial charge in [-0.3, -0.25) is 4.79 Å². The molecule has 1 saturated heterocycles. The van der Waals surface area contributed by atoms with E-state index in [-0.39, 0.29) is 5.56 Å². The highest BCUT2D eigenvalue weighted by molar-refractivity contribution is 5.68. The maximum Gasteiger partial charge on any atom is 0.345 e. The lowest BCUT2D eigenvalue weighted by Crippen LogP contribution is -2.57. The molecule has 0 saturated carbocycles. The molecule has 0 aliphatic carbocycles. The zero-order valence-corrected chi connectivity index (χ0v) is 17.2. The van der Waals surface area contributed by atoms with Gasteiger partial charge in [-0.1, -0.05) is 42.5 Å². The van der Waals surface area contributed by atoms with Gasteiger partial charge in [0.25, 0.3) is 5.69 Å². The molecule has 2 aliphatic rings. The molecule has 0 bridgehead atoms. The summed E-state index contributed by atoms with van der Waals surface area (Å²) >= 11 is 0. The molecule has 0 radical (unpaired) electrons.